The van der Waals surface area contributed by atoms with Gasteiger partial charge in [0.1, 0.15) is 5.69 Å². The van der Waals surface area contributed by atoms with E-state index in [1.165, 1.54) is 4.90 Å². The van der Waals surface area contributed by atoms with Crippen molar-refractivity contribution < 1.29 is 13.2 Å². The standard InChI is InChI=1S/C10H15F3N4/c1-9(2,6-14)17(3)8-15-5-4-7(16-8)10(11,12)13/h4-5H,6,14H2,1-3H3. The molecule has 0 aliphatic heterocycles. The van der Waals surface area contributed by atoms with Crippen LogP contribution in [-0.2, 0) is 6.18 Å². The fourth-order valence-electron chi connectivity index (χ4n) is 1.08. The van der Waals surface area contributed by atoms with Crippen LogP contribution in [0.2, 0.25) is 0 Å². The van der Waals surface area contributed by atoms with Crippen LogP contribution in [0.15, 0.2) is 12.3 Å². The van der Waals surface area contributed by atoms with Gasteiger partial charge in [-0.3, -0.25) is 0 Å². The third-order valence-electron chi connectivity index (χ3n) is 2.64. The summed E-state index contributed by atoms with van der Waals surface area (Å²) in [6, 6.07) is 0.840. The zero-order chi connectivity index (χ0) is 13.3. The highest BCUT2D eigenvalue weighted by molar-refractivity contribution is 5.33. The zero-order valence-corrected chi connectivity index (χ0v) is 9.91. The molecule has 0 bridgehead atoms. The molecule has 7 heteroatoms. The highest BCUT2D eigenvalue weighted by Gasteiger charge is 2.34. The Hall–Kier alpha value is -1.37. The quantitative estimate of drug-likeness (QED) is 0.884. The lowest BCUT2D eigenvalue weighted by molar-refractivity contribution is -0.141. The molecule has 1 rings (SSSR count). The number of likely N-dealkylation sites (N-methyl/N-ethyl adjacent to an activating group) is 1. The van der Waals surface area contributed by atoms with E-state index < -0.39 is 17.4 Å². The molecule has 0 amide bonds. The largest absolute Gasteiger partial charge is 0.433 e. The maximum absolute atomic E-state index is 12.5. The lowest BCUT2D eigenvalue weighted by Gasteiger charge is -2.34. The summed E-state index contributed by atoms with van der Waals surface area (Å²) in [5, 5.41) is 0. The number of anilines is 1. The van der Waals surface area contributed by atoms with Crippen LogP contribution in [0.3, 0.4) is 0 Å². The summed E-state index contributed by atoms with van der Waals surface area (Å²) in [4.78, 5) is 8.85. The van der Waals surface area contributed by atoms with Crippen LogP contribution in [0.5, 0.6) is 0 Å². The fourth-order valence-corrected chi connectivity index (χ4v) is 1.08. The van der Waals surface area contributed by atoms with Gasteiger partial charge < -0.3 is 10.6 Å². The molecule has 1 aromatic rings. The molecule has 17 heavy (non-hydrogen) atoms. The summed E-state index contributed by atoms with van der Waals surface area (Å²) in [5.74, 6) is 0.00951. The van der Waals surface area contributed by atoms with Crippen molar-refractivity contribution in [1.29, 1.82) is 0 Å². The molecule has 1 heterocycles. The maximum Gasteiger partial charge on any atom is 0.433 e. The van der Waals surface area contributed by atoms with Crippen molar-refractivity contribution in [3.05, 3.63) is 18.0 Å². The summed E-state index contributed by atoms with van der Waals surface area (Å²) < 4.78 is 37.4. The highest BCUT2D eigenvalue weighted by atomic mass is 19.4. The van der Waals surface area contributed by atoms with Crippen molar-refractivity contribution in [2.24, 2.45) is 5.73 Å². The molecule has 4 nitrogen and oxygen atoms in total. The molecule has 0 unspecified atom stereocenters. The van der Waals surface area contributed by atoms with Gasteiger partial charge in [-0.25, -0.2) is 9.97 Å². The number of aromatic nitrogens is 2. The Morgan fingerprint density at radius 1 is 1.35 bits per heavy atom. The van der Waals surface area contributed by atoms with E-state index in [2.05, 4.69) is 9.97 Å². The molecule has 0 atom stereocenters. The van der Waals surface area contributed by atoms with Gasteiger partial charge in [0.25, 0.3) is 0 Å². The second-order valence-electron chi connectivity index (χ2n) is 4.32. The number of hydrogen-bond donors (Lipinski definition) is 1. The van der Waals surface area contributed by atoms with Gasteiger partial charge in [0.05, 0.1) is 0 Å². The first-order chi connectivity index (χ1) is 7.68. The number of rotatable bonds is 3. The molecule has 0 aliphatic carbocycles. The van der Waals surface area contributed by atoms with Crippen LogP contribution in [0.25, 0.3) is 0 Å². The maximum atomic E-state index is 12.5. The van der Waals surface area contributed by atoms with Crippen molar-refractivity contribution in [3.63, 3.8) is 0 Å². The van der Waals surface area contributed by atoms with Crippen LogP contribution in [-0.4, -0.2) is 29.1 Å². The van der Waals surface area contributed by atoms with Crippen molar-refractivity contribution in [1.82, 2.24) is 9.97 Å². The predicted molar refractivity (Wildman–Crippen MR) is 58.6 cm³/mol. The average Bonchev–Trinajstić information content (AvgIpc) is 2.27. The first kappa shape index (κ1) is 13.7. The minimum atomic E-state index is -4.47. The fraction of sp³-hybridized carbons (Fsp3) is 0.600. The summed E-state index contributed by atoms with van der Waals surface area (Å²) in [5.41, 5.74) is 4.08. The Labute approximate surface area is 97.7 Å². The van der Waals surface area contributed by atoms with Gasteiger partial charge in [0, 0.05) is 25.3 Å². The van der Waals surface area contributed by atoms with Gasteiger partial charge in [-0.05, 0) is 19.9 Å². The molecule has 0 saturated heterocycles. The molecule has 0 aromatic carbocycles. The molecule has 0 spiro atoms. The second-order valence-corrected chi connectivity index (χ2v) is 4.32. The zero-order valence-electron chi connectivity index (χ0n) is 9.91. The van der Waals surface area contributed by atoms with Crippen molar-refractivity contribution >= 4 is 5.95 Å². The SMILES string of the molecule is CN(c1nccc(C(F)(F)F)n1)C(C)(C)CN. The molecular formula is C10H15F3N4. The van der Waals surface area contributed by atoms with E-state index in [0.29, 0.717) is 0 Å². The molecule has 0 fully saturated rings. The van der Waals surface area contributed by atoms with Crippen molar-refractivity contribution in [3.8, 4) is 0 Å². The van der Waals surface area contributed by atoms with E-state index in [1.54, 1.807) is 20.9 Å². The van der Waals surface area contributed by atoms with Gasteiger partial charge in [-0.1, -0.05) is 0 Å². The van der Waals surface area contributed by atoms with E-state index in [0.717, 1.165) is 12.3 Å². The topological polar surface area (TPSA) is 55.0 Å². The number of halogens is 3. The molecule has 0 radical (unpaired) electrons. The Bertz CT molecular complexity index is 389. The minimum absolute atomic E-state index is 0.00951. The molecule has 2 N–H and O–H groups in total. The normalized spacial score (nSPS) is 12.6. The first-order valence-corrected chi connectivity index (χ1v) is 5.02. The Balaban J connectivity index is 3.08. The van der Waals surface area contributed by atoms with Gasteiger partial charge in [-0.2, -0.15) is 13.2 Å². The van der Waals surface area contributed by atoms with Crippen molar-refractivity contribution in [2.45, 2.75) is 25.6 Å². The summed E-state index contributed by atoms with van der Waals surface area (Å²) in [6.07, 6.45) is -3.38. The number of nitrogens with zero attached hydrogens (tertiary/aromatic N) is 3. The van der Waals surface area contributed by atoms with Crippen LogP contribution in [0.4, 0.5) is 19.1 Å². The van der Waals surface area contributed by atoms with E-state index in [-0.39, 0.29) is 12.5 Å². The van der Waals surface area contributed by atoms with Crippen LogP contribution < -0.4 is 10.6 Å². The third-order valence-corrected chi connectivity index (χ3v) is 2.64. The number of hydrogen-bond acceptors (Lipinski definition) is 4. The Kier molecular flexibility index (Phi) is 3.61. The van der Waals surface area contributed by atoms with Crippen LogP contribution >= 0.6 is 0 Å². The minimum Gasteiger partial charge on any atom is -0.337 e. The van der Waals surface area contributed by atoms with Crippen molar-refractivity contribution in [2.75, 3.05) is 18.5 Å². The highest BCUT2D eigenvalue weighted by Crippen LogP contribution is 2.28. The number of nitrogens with two attached hydrogens (primary N) is 1. The summed E-state index contributed by atoms with van der Waals surface area (Å²) in [7, 11) is 1.61. The average molecular weight is 248 g/mol. The van der Waals surface area contributed by atoms with E-state index in [4.69, 9.17) is 5.73 Å². The van der Waals surface area contributed by atoms with Crippen LogP contribution in [0.1, 0.15) is 19.5 Å². The number of alkyl halides is 3. The molecular weight excluding hydrogens is 233 g/mol. The first-order valence-electron chi connectivity index (χ1n) is 5.02. The smallest absolute Gasteiger partial charge is 0.337 e. The van der Waals surface area contributed by atoms with Gasteiger partial charge in [0.15, 0.2) is 0 Å². The summed E-state index contributed by atoms with van der Waals surface area (Å²) in [6.45, 7) is 3.89. The van der Waals surface area contributed by atoms with E-state index in [1.807, 2.05) is 0 Å². The molecule has 0 saturated carbocycles. The lowest BCUT2D eigenvalue weighted by atomic mass is 10.1. The Morgan fingerprint density at radius 3 is 2.41 bits per heavy atom. The van der Waals surface area contributed by atoms with Gasteiger partial charge in [-0.15, -0.1) is 0 Å². The van der Waals surface area contributed by atoms with E-state index in [9.17, 15) is 13.2 Å². The second kappa shape index (κ2) is 4.48. The Morgan fingerprint density at radius 2 is 1.94 bits per heavy atom. The molecule has 0 aliphatic rings. The van der Waals surface area contributed by atoms with Gasteiger partial charge in [0.2, 0.25) is 5.95 Å². The van der Waals surface area contributed by atoms with Crippen LogP contribution in [0, 0.1) is 0 Å². The summed E-state index contributed by atoms with van der Waals surface area (Å²) >= 11 is 0. The third kappa shape index (κ3) is 3.06. The molecule has 1 aromatic heterocycles. The van der Waals surface area contributed by atoms with E-state index >= 15 is 0 Å². The monoisotopic (exact) mass is 248 g/mol. The molecule has 96 valence electrons. The van der Waals surface area contributed by atoms with Gasteiger partial charge >= 0.3 is 6.18 Å². The lowest BCUT2D eigenvalue weighted by Crippen LogP contribution is -2.48. The predicted octanol–water partition coefficient (Wildman–Crippen LogP) is 1.67.